The van der Waals surface area contributed by atoms with Crippen molar-refractivity contribution in [2.75, 3.05) is 26.2 Å². The van der Waals surface area contributed by atoms with Gasteiger partial charge in [0.25, 0.3) is 8.32 Å². The maximum Gasteiger partial charge on any atom is 0.261 e. The summed E-state index contributed by atoms with van der Waals surface area (Å²) < 4.78 is 6.82. The summed E-state index contributed by atoms with van der Waals surface area (Å²) in [6.45, 7) is 10.1. The standard InChI is InChI=1S/C21H29N3OSi.HI/c1-21(2,3)26(18-10-6-4-7-11-18,19-12-8-5-9-13-19)25-17-16-24-20-22-14-15-23-20;/h4-13H,14-17H2,1-3H3,(H2,22,23,24);1H. The molecule has 27 heavy (non-hydrogen) atoms. The fourth-order valence-electron chi connectivity index (χ4n) is 3.65. The van der Waals surface area contributed by atoms with Gasteiger partial charge in [0.05, 0.1) is 13.2 Å². The van der Waals surface area contributed by atoms with E-state index in [9.17, 15) is 0 Å². The molecule has 0 aromatic heterocycles. The van der Waals surface area contributed by atoms with Gasteiger partial charge < -0.3 is 15.1 Å². The highest BCUT2D eigenvalue weighted by molar-refractivity contribution is 14.0. The summed E-state index contributed by atoms with van der Waals surface area (Å²) in [5.41, 5.74) is 0. The Morgan fingerprint density at radius 3 is 2.00 bits per heavy atom. The minimum absolute atomic E-state index is 0. The highest BCUT2D eigenvalue weighted by atomic mass is 127. The van der Waals surface area contributed by atoms with E-state index in [4.69, 9.17) is 4.43 Å². The first-order valence-corrected chi connectivity index (χ1v) is 11.2. The Labute approximate surface area is 181 Å². The van der Waals surface area contributed by atoms with Crippen molar-refractivity contribution in [1.29, 1.82) is 0 Å². The van der Waals surface area contributed by atoms with Gasteiger partial charge in [-0.1, -0.05) is 81.4 Å². The maximum absolute atomic E-state index is 6.82. The van der Waals surface area contributed by atoms with Crippen molar-refractivity contribution in [2.24, 2.45) is 4.99 Å². The van der Waals surface area contributed by atoms with Gasteiger partial charge in [0, 0.05) is 13.1 Å². The maximum atomic E-state index is 6.82. The zero-order valence-electron chi connectivity index (χ0n) is 16.4. The van der Waals surface area contributed by atoms with Crippen molar-refractivity contribution in [3.8, 4) is 0 Å². The van der Waals surface area contributed by atoms with Crippen LogP contribution in [0.4, 0.5) is 0 Å². The van der Waals surface area contributed by atoms with Crippen LogP contribution in [-0.2, 0) is 4.43 Å². The summed E-state index contributed by atoms with van der Waals surface area (Å²) in [5.74, 6) is 0.885. The zero-order chi connectivity index (χ0) is 18.5. The van der Waals surface area contributed by atoms with Gasteiger partial charge in [-0.2, -0.15) is 0 Å². The molecular formula is C21H30IN3OSi. The molecule has 1 aliphatic rings. The fourth-order valence-corrected chi connectivity index (χ4v) is 8.22. The molecule has 1 aliphatic heterocycles. The SMILES string of the molecule is CC(C)(C)[Si](OCCNC1=NCCN1)(c1ccccc1)c1ccccc1.I. The molecule has 0 spiro atoms. The van der Waals surface area contributed by atoms with E-state index in [0.29, 0.717) is 6.61 Å². The summed E-state index contributed by atoms with van der Waals surface area (Å²) in [5, 5.41) is 9.23. The van der Waals surface area contributed by atoms with Gasteiger partial charge >= 0.3 is 0 Å². The summed E-state index contributed by atoms with van der Waals surface area (Å²) in [6.07, 6.45) is 0. The van der Waals surface area contributed by atoms with Gasteiger partial charge in [0.15, 0.2) is 5.96 Å². The molecule has 146 valence electrons. The monoisotopic (exact) mass is 495 g/mol. The first-order valence-electron chi connectivity index (χ1n) is 9.31. The third kappa shape index (κ3) is 4.91. The van der Waals surface area contributed by atoms with Crippen molar-refractivity contribution >= 4 is 48.6 Å². The molecule has 0 fully saturated rings. The Morgan fingerprint density at radius 1 is 1.00 bits per heavy atom. The molecule has 2 aromatic carbocycles. The van der Waals surface area contributed by atoms with E-state index in [1.165, 1.54) is 10.4 Å². The second-order valence-corrected chi connectivity index (χ2v) is 11.9. The number of hydrogen-bond donors (Lipinski definition) is 2. The summed E-state index contributed by atoms with van der Waals surface area (Å²) in [7, 11) is -2.43. The van der Waals surface area contributed by atoms with Crippen LogP contribution >= 0.6 is 24.0 Å². The van der Waals surface area contributed by atoms with Gasteiger partial charge in [0.2, 0.25) is 0 Å². The lowest BCUT2D eigenvalue weighted by molar-refractivity contribution is 0.302. The second-order valence-electron chi connectivity index (χ2n) is 7.60. The molecule has 0 amide bonds. The molecule has 1 heterocycles. The Kier molecular flexibility index (Phi) is 7.87. The molecule has 4 nitrogen and oxygen atoms in total. The Balaban J connectivity index is 0.00000261. The normalized spacial score (nSPS) is 14.1. The summed E-state index contributed by atoms with van der Waals surface area (Å²) >= 11 is 0. The van der Waals surface area contributed by atoms with Gasteiger partial charge in [-0.05, 0) is 15.4 Å². The minimum atomic E-state index is -2.43. The van der Waals surface area contributed by atoms with E-state index < -0.39 is 8.32 Å². The van der Waals surface area contributed by atoms with E-state index >= 15 is 0 Å². The van der Waals surface area contributed by atoms with Crippen molar-refractivity contribution in [3.63, 3.8) is 0 Å². The number of nitrogens with one attached hydrogen (secondary N) is 2. The highest BCUT2D eigenvalue weighted by Crippen LogP contribution is 2.36. The van der Waals surface area contributed by atoms with Crippen LogP contribution in [0.1, 0.15) is 20.8 Å². The number of benzene rings is 2. The van der Waals surface area contributed by atoms with Gasteiger partial charge in [-0.3, -0.25) is 4.99 Å². The molecule has 3 rings (SSSR count). The van der Waals surface area contributed by atoms with Crippen LogP contribution < -0.4 is 21.0 Å². The number of rotatable bonds is 6. The van der Waals surface area contributed by atoms with Crippen LogP contribution in [0.3, 0.4) is 0 Å². The number of guanidine groups is 1. The molecule has 0 radical (unpaired) electrons. The van der Waals surface area contributed by atoms with E-state index in [-0.39, 0.29) is 29.0 Å². The lowest BCUT2D eigenvalue weighted by Crippen LogP contribution is -2.67. The van der Waals surface area contributed by atoms with Crippen LogP contribution in [0.5, 0.6) is 0 Å². The number of halogens is 1. The van der Waals surface area contributed by atoms with Gasteiger partial charge in [-0.15, -0.1) is 24.0 Å². The first-order chi connectivity index (χ1) is 12.5. The average Bonchev–Trinajstić information content (AvgIpc) is 3.16. The summed E-state index contributed by atoms with van der Waals surface area (Å²) in [4.78, 5) is 4.38. The Morgan fingerprint density at radius 2 is 1.56 bits per heavy atom. The third-order valence-electron chi connectivity index (χ3n) is 4.80. The molecule has 0 atom stereocenters. The molecule has 2 N–H and O–H groups in total. The van der Waals surface area contributed by atoms with Crippen LogP contribution in [0.15, 0.2) is 65.7 Å². The number of hydrogen-bond acceptors (Lipinski definition) is 4. The smallest absolute Gasteiger partial charge is 0.261 e. The molecule has 6 heteroatoms. The van der Waals surface area contributed by atoms with Gasteiger partial charge in [-0.25, -0.2) is 0 Å². The van der Waals surface area contributed by atoms with E-state index in [1.807, 2.05) is 0 Å². The fraction of sp³-hybridized carbons (Fsp3) is 0.381. The molecule has 0 saturated heterocycles. The topological polar surface area (TPSA) is 45.6 Å². The minimum Gasteiger partial charge on any atom is -0.406 e. The quantitative estimate of drug-likeness (QED) is 0.368. The van der Waals surface area contributed by atoms with Crippen LogP contribution in [-0.4, -0.2) is 40.5 Å². The van der Waals surface area contributed by atoms with E-state index in [2.05, 4.69) is 97.1 Å². The molecule has 0 bridgehead atoms. The number of nitrogens with zero attached hydrogens (tertiary/aromatic N) is 1. The molecule has 2 aromatic rings. The van der Waals surface area contributed by atoms with Crippen LogP contribution in [0.2, 0.25) is 5.04 Å². The highest BCUT2D eigenvalue weighted by Gasteiger charge is 2.49. The Hall–Kier alpha value is -1.38. The molecule has 0 unspecified atom stereocenters. The molecule has 0 aliphatic carbocycles. The Bertz CT molecular complexity index is 693. The first kappa shape index (κ1) is 21.9. The van der Waals surface area contributed by atoms with Crippen LogP contribution in [0.25, 0.3) is 0 Å². The van der Waals surface area contributed by atoms with Crippen molar-refractivity contribution in [2.45, 2.75) is 25.8 Å². The number of aliphatic imine (C=N–C) groups is 1. The van der Waals surface area contributed by atoms with E-state index in [1.54, 1.807) is 0 Å². The van der Waals surface area contributed by atoms with Crippen LogP contribution in [0, 0.1) is 0 Å². The largest absolute Gasteiger partial charge is 0.406 e. The van der Waals surface area contributed by atoms with Gasteiger partial charge in [0.1, 0.15) is 0 Å². The lowest BCUT2D eigenvalue weighted by Gasteiger charge is -2.43. The molecular weight excluding hydrogens is 465 g/mol. The average molecular weight is 495 g/mol. The third-order valence-corrected chi connectivity index (χ3v) is 9.85. The lowest BCUT2D eigenvalue weighted by atomic mass is 10.2. The predicted octanol–water partition coefficient (Wildman–Crippen LogP) is 2.73. The van der Waals surface area contributed by atoms with Crippen molar-refractivity contribution < 1.29 is 4.43 Å². The molecule has 0 saturated carbocycles. The van der Waals surface area contributed by atoms with Crippen molar-refractivity contribution in [1.82, 2.24) is 10.6 Å². The summed E-state index contributed by atoms with van der Waals surface area (Å²) in [6, 6.07) is 21.5. The van der Waals surface area contributed by atoms with E-state index in [0.717, 1.165) is 25.6 Å². The predicted molar refractivity (Wildman–Crippen MR) is 127 cm³/mol. The van der Waals surface area contributed by atoms with Crippen molar-refractivity contribution in [3.05, 3.63) is 60.7 Å². The second kappa shape index (κ2) is 9.70. The zero-order valence-corrected chi connectivity index (χ0v) is 19.7.